The van der Waals surface area contributed by atoms with Crippen LogP contribution in [0.15, 0.2) is 36.4 Å². The summed E-state index contributed by atoms with van der Waals surface area (Å²) in [6.45, 7) is 5.99. The quantitative estimate of drug-likeness (QED) is 0.610. The van der Waals surface area contributed by atoms with Gasteiger partial charge in [-0.3, -0.25) is 14.5 Å². The van der Waals surface area contributed by atoms with Crippen LogP contribution in [0.1, 0.15) is 48.0 Å². The Morgan fingerprint density at radius 1 is 0.912 bits per heavy atom. The van der Waals surface area contributed by atoms with Gasteiger partial charge in [0.25, 0.3) is 5.91 Å². The average Bonchev–Trinajstić information content (AvgIpc) is 3.15. The van der Waals surface area contributed by atoms with E-state index < -0.39 is 11.9 Å². The summed E-state index contributed by atoms with van der Waals surface area (Å²) in [7, 11) is 0. The number of nitrogens with zero attached hydrogens (tertiary/aromatic N) is 3. The largest absolute Gasteiger partial charge is 0.478 e. The van der Waals surface area contributed by atoms with E-state index in [1.54, 1.807) is 0 Å². The number of carboxylic acid groups (broad SMARTS) is 2. The van der Waals surface area contributed by atoms with Crippen LogP contribution in [-0.4, -0.2) is 87.9 Å². The van der Waals surface area contributed by atoms with Gasteiger partial charge >= 0.3 is 11.9 Å². The molecule has 2 saturated heterocycles. The molecule has 34 heavy (non-hydrogen) atoms. The van der Waals surface area contributed by atoms with Gasteiger partial charge in [-0.1, -0.05) is 18.2 Å². The molecule has 0 aromatic heterocycles. The molecule has 2 amide bonds. The summed E-state index contributed by atoms with van der Waals surface area (Å²) in [5, 5.41) is 15.6. The van der Waals surface area contributed by atoms with Crippen LogP contribution in [-0.2, 0) is 20.9 Å². The molecular weight excluding hydrogens is 438 g/mol. The van der Waals surface area contributed by atoms with E-state index >= 15 is 0 Å². The molecular formula is C25H33N3O6. The Morgan fingerprint density at radius 3 is 2.12 bits per heavy atom. The van der Waals surface area contributed by atoms with Crippen LogP contribution in [0.2, 0.25) is 0 Å². The van der Waals surface area contributed by atoms with Crippen molar-refractivity contribution in [1.82, 2.24) is 14.7 Å². The van der Waals surface area contributed by atoms with Crippen LogP contribution in [0.4, 0.5) is 0 Å². The Morgan fingerprint density at radius 2 is 1.53 bits per heavy atom. The minimum absolute atomic E-state index is 0.184. The Kier molecular flexibility index (Phi) is 9.21. The van der Waals surface area contributed by atoms with Crippen molar-refractivity contribution in [1.29, 1.82) is 0 Å². The van der Waals surface area contributed by atoms with E-state index in [0.717, 1.165) is 76.1 Å². The second-order valence-corrected chi connectivity index (χ2v) is 9.01. The third kappa shape index (κ3) is 7.41. The van der Waals surface area contributed by atoms with Crippen LogP contribution in [0.25, 0.3) is 0 Å². The Labute approximate surface area is 199 Å². The normalized spacial score (nSPS) is 19.0. The molecule has 0 spiro atoms. The lowest BCUT2D eigenvalue weighted by Crippen LogP contribution is -2.46. The first-order valence-corrected chi connectivity index (χ1v) is 11.8. The van der Waals surface area contributed by atoms with Gasteiger partial charge in [0.2, 0.25) is 5.91 Å². The van der Waals surface area contributed by atoms with Gasteiger partial charge < -0.3 is 20.0 Å². The summed E-state index contributed by atoms with van der Waals surface area (Å²) < 4.78 is 0. The van der Waals surface area contributed by atoms with Crippen molar-refractivity contribution in [3.8, 4) is 0 Å². The first kappa shape index (κ1) is 25.4. The maximum Gasteiger partial charge on any atom is 0.328 e. The lowest BCUT2D eigenvalue weighted by molar-refractivity contribution is -0.134. The van der Waals surface area contributed by atoms with Gasteiger partial charge in [-0.05, 0) is 62.7 Å². The molecule has 0 aliphatic carbocycles. The predicted molar refractivity (Wildman–Crippen MR) is 125 cm³/mol. The Hall–Kier alpha value is -3.20. The van der Waals surface area contributed by atoms with Crippen LogP contribution < -0.4 is 0 Å². The first-order chi connectivity index (χ1) is 16.3. The number of hydrogen-bond donors (Lipinski definition) is 2. The molecule has 1 aromatic rings. The minimum Gasteiger partial charge on any atom is -0.478 e. The molecule has 2 N–H and O–H groups in total. The number of likely N-dealkylation sites (tertiary alicyclic amines) is 2. The van der Waals surface area contributed by atoms with Gasteiger partial charge in [0, 0.05) is 43.9 Å². The first-order valence-electron chi connectivity index (χ1n) is 11.8. The van der Waals surface area contributed by atoms with E-state index in [-0.39, 0.29) is 5.91 Å². The van der Waals surface area contributed by atoms with E-state index in [4.69, 9.17) is 10.2 Å². The third-order valence-electron chi connectivity index (χ3n) is 6.52. The van der Waals surface area contributed by atoms with Crippen LogP contribution in [0, 0.1) is 5.92 Å². The smallest absolute Gasteiger partial charge is 0.328 e. The van der Waals surface area contributed by atoms with Gasteiger partial charge in [-0.2, -0.15) is 0 Å². The molecule has 184 valence electrons. The zero-order chi connectivity index (χ0) is 24.5. The second-order valence-electron chi connectivity index (χ2n) is 9.01. The van der Waals surface area contributed by atoms with Crippen molar-refractivity contribution in [2.75, 3.05) is 39.3 Å². The zero-order valence-corrected chi connectivity index (χ0v) is 19.4. The fourth-order valence-corrected chi connectivity index (χ4v) is 4.68. The van der Waals surface area contributed by atoms with Gasteiger partial charge in [0.1, 0.15) is 0 Å². The Bertz CT molecular complexity index is 901. The standard InChI is InChI=1S/C21H29N3O2.C4H4O4/c25-20(23-10-4-1-5-11-23)16-22-12-8-17(9-13-22)14-24-15-18-6-2-3-7-19(18)21(24)26;5-3(6)1-2-4(7)8/h2-3,6-7,17H,1,4-5,8-16H2;1-2H,(H,5,6)(H,7,8). The molecule has 4 rings (SSSR count). The van der Waals surface area contributed by atoms with E-state index in [9.17, 15) is 19.2 Å². The summed E-state index contributed by atoms with van der Waals surface area (Å²) >= 11 is 0. The lowest BCUT2D eigenvalue weighted by atomic mass is 9.96. The van der Waals surface area contributed by atoms with Gasteiger partial charge in [-0.25, -0.2) is 9.59 Å². The van der Waals surface area contributed by atoms with E-state index in [0.29, 0.717) is 30.5 Å². The molecule has 0 radical (unpaired) electrons. The summed E-state index contributed by atoms with van der Waals surface area (Å²) in [4.78, 5) is 50.4. The number of aliphatic carboxylic acids is 2. The number of piperidine rings is 2. The summed E-state index contributed by atoms with van der Waals surface area (Å²) in [6.07, 6.45) is 6.83. The molecule has 3 aliphatic heterocycles. The molecule has 0 atom stereocenters. The number of benzene rings is 1. The molecule has 1 aromatic carbocycles. The number of fused-ring (bicyclic) bond motifs is 1. The fourth-order valence-electron chi connectivity index (χ4n) is 4.68. The molecule has 9 nitrogen and oxygen atoms in total. The van der Waals surface area contributed by atoms with Crippen LogP contribution in [0.3, 0.4) is 0 Å². The number of amides is 2. The van der Waals surface area contributed by atoms with E-state index in [1.165, 1.54) is 6.42 Å². The van der Waals surface area contributed by atoms with Crippen molar-refractivity contribution in [3.63, 3.8) is 0 Å². The van der Waals surface area contributed by atoms with Gasteiger partial charge in [0.15, 0.2) is 0 Å². The van der Waals surface area contributed by atoms with E-state index in [1.807, 2.05) is 28.0 Å². The second kappa shape index (κ2) is 12.3. The number of hydrogen-bond acceptors (Lipinski definition) is 5. The maximum absolute atomic E-state index is 12.5. The van der Waals surface area contributed by atoms with Crippen molar-refractivity contribution in [2.45, 2.75) is 38.6 Å². The molecule has 0 bridgehead atoms. The number of rotatable bonds is 6. The van der Waals surface area contributed by atoms with Crippen molar-refractivity contribution < 1.29 is 29.4 Å². The molecule has 0 saturated carbocycles. The van der Waals surface area contributed by atoms with Gasteiger partial charge in [-0.15, -0.1) is 0 Å². The number of carbonyl (C=O) groups excluding carboxylic acids is 2. The highest BCUT2D eigenvalue weighted by Crippen LogP contribution is 2.26. The number of carboxylic acids is 2. The fraction of sp³-hybridized carbons (Fsp3) is 0.520. The SMILES string of the molecule is O=C(CN1CCC(CN2Cc3ccccc3C2=O)CC1)N1CCCCC1.O=C(O)C=CC(=O)O. The third-order valence-corrected chi connectivity index (χ3v) is 6.52. The molecule has 3 aliphatic rings. The number of carbonyl (C=O) groups is 4. The van der Waals surface area contributed by atoms with Crippen LogP contribution in [0.5, 0.6) is 0 Å². The Balaban J connectivity index is 0.000000350. The summed E-state index contributed by atoms with van der Waals surface area (Å²) in [5.74, 6) is -1.48. The molecule has 0 unspecified atom stereocenters. The van der Waals surface area contributed by atoms with Crippen molar-refractivity contribution in [3.05, 3.63) is 47.5 Å². The average molecular weight is 472 g/mol. The van der Waals surface area contributed by atoms with E-state index in [2.05, 4.69) is 11.0 Å². The topological polar surface area (TPSA) is 118 Å². The monoisotopic (exact) mass is 471 g/mol. The minimum atomic E-state index is -1.26. The highest BCUT2D eigenvalue weighted by Gasteiger charge is 2.30. The van der Waals surface area contributed by atoms with Crippen LogP contribution >= 0.6 is 0 Å². The molecule has 2 fully saturated rings. The maximum atomic E-state index is 12.5. The van der Waals surface area contributed by atoms with Gasteiger partial charge in [0.05, 0.1) is 6.54 Å². The molecule has 9 heteroatoms. The summed E-state index contributed by atoms with van der Waals surface area (Å²) in [5.41, 5.74) is 2.03. The summed E-state index contributed by atoms with van der Waals surface area (Å²) in [6, 6.07) is 7.94. The highest BCUT2D eigenvalue weighted by molar-refractivity contribution is 5.98. The molecule has 3 heterocycles. The lowest BCUT2D eigenvalue weighted by Gasteiger charge is -2.35. The van der Waals surface area contributed by atoms with Crippen molar-refractivity contribution >= 4 is 23.8 Å². The van der Waals surface area contributed by atoms with Crippen molar-refractivity contribution in [2.24, 2.45) is 5.92 Å². The zero-order valence-electron chi connectivity index (χ0n) is 19.4. The highest BCUT2D eigenvalue weighted by atomic mass is 16.4. The predicted octanol–water partition coefficient (Wildman–Crippen LogP) is 2.08.